The van der Waals surface area contributed by atoms with Crippen LogP contribution in [0.3, 0.4) is 0 Å². The fourth-order valence-electron chi connectivity index (χ4n) is 3.34. The van der Waals surface area contributed by atoms with Gasteiger partial charge in [-0.25, -0.2) is 0 Å². The van der Waals surface area contributed by atoms with Crippen LogP contribution in [0, 0.1) is 0 Å². The van der Waals surface area contributed by atoms with Crippen LogP contribution >= 0.6 is 0 Å². The summed E-state index contributed by atoms with van der Waals surface area (Å²) in [7, 11) is 2.17. The molecule has 2 aliphatic rings. The van der Waals surface area contributed by atoms with E-state index in [1.165, 1.54) is 24.9 Å². The minimum absolute atomic E-state index is 0.105. The quantitative estimate of drug-likeness (QED) is 0.828. The van der Waals surface area contributed by atoms with E-state index in [1.54, 1.807) is 6.20 Å². The highest BCUT2D eigenvalue weighted by atomic mass is 16.2. The molecule has 0 aliphatic carbocycles. The van der Waals surface area contributed by atoms with E-state index in [9.17, 15) is 4.79 Å². The molecule has 3 rings (SSSR count). The largest absolute Gasteiger partial charge is 0.337 e. The minimum Gasteiger partial charge on any atom is -0.337 e. The molecule has 108 valence electrons. The molecule has 0 aromatic carbocycles. The SMILES string of the molecule is CN1CCC[C@@H](c2ccnc(C(=O)N3CCCC3)c2)C1. The molecule has 2 fully saturated rings. The molecule has 20 heavy (non-hydrogen) atoms. The third-order valence-electron chi connectivity index (χ3n) is 4.49. The molecule has 0 spiro atoms. The molecule has 1 atom stereocenters. The summed E-state index contributed by atoms with van der Waals surface area (Å²) in [4.78, 5) is 21.0. The zero-order chi connectivity index (χ0) is 13.9. The van der Waals surface area contributed by atoms with E-state index in [1.807, 2.05) is 11.0 Å². The summed E-state index contributed by atoms with van der Waals surface area (Å²) in [6.07, 6.45) is 6.50. The lowest BCUT2D eigenvalue weighted by molar-refractivity contribution is 0.0787. The van der Waals surface area contributed by atoms with Crippen LogP contribution < -0.4 is 0 Å². The van der Waals surface area contributed by atoms with Gasteiger partial charge in [-0.2, -0.15) is 0 Å². The first-order valence-electron chi connectivity index (χ1n) is 7.68. The highest BCUT2D eigenvalue weighted by Crippen LogP contribution is 2.26. The Morgan fingerprint density at radius 1 is 1.25 bits per heavy atom. The van der Waals surface area contributed by atoms with Crippen LogP contribution in [0.25, 0.3) is 0 Å². The zero-order valence-corrected chi connectivity index (χ0v) is 12.2. The van der Waals surface area contributed by atoms with E-state index >= 15 is 0 Å². The number of carbonyl (C=O) groups excluding carboxylic acids is 1. The van der Waals surface area contributed by atoms with Gasteiger partial charge in [-0.05, 0) is 62.9 Å². The second kappa shape index (κ2) is 5.92. The average Bonchev–Trinajstić information content (AvgIpc) is 3.01. The predicted molar refractivity (Wildman–Crippen MR) is 78.8 cm³/mol. The number of piperidine rings is 1. The maximum Gasteiger partial charge on any atom is 0.272 e. The van der Waals surface area contributed by atoms with Gasteiger partial charge in [-0.15, -0.1) is 0 Å². The number of hydrogen-bond donors (Lipinski definition) is 0. The Labute approximate surface area is 120 Å². The third-order valence-corrected chi connectivity index (χ3v) is 4.49. The topological polar surface area (TPSA) is 36.4 Å². The molecule has 4 heteroatoms. The molecular formula is C16H23N3O. The highest BCUT2D eigenvalue weighted by Gasteiger charge is 2.23. The van der Waals surface area contributed by atoms with Gasteiger partial charge in [0.05, 0.1) is 0 Å². The van der Waals surface area contributed by atoms with Crippen molar-refractivity contribution in [2.45, 2.75) is 31.6 Å². The number of pyridine rings is 1. The van der Waals surface area contributed by atoms with Crippen LogP contribution in [-0.2, 0) is 0 Å². The summed E-state index contributed by atoms with van der Waals surface area (Å²) in [6, 6.07) is 4.09. The van der Waals surface area contributed by atoms with Gasteiger partial charge < -0.3 is 9.80 Å². The second-order valence-corrected chi connectivity index (χ2v) is 6.08. The number of nitrogens with zero attached hydrogens (tertiary/aromatic N) is 3. The second-order valence-electron chi connectivity index (χ2n) is 6.08. The van der Waals surface area contributed by atoms with Gasteiger partial charge in [0, 0.05) is 25.8 Å². The van der Waals surface area contributed by atoms with Crippen molar-refractivity contribution in [3.05, 3.63) is 29.6 Å². The molecule has 3 heterocycles. The molecule has 1 amide bonds. The molecule has 0 radical (unpaired) electrons. The van der Waals surface area contributed by atoms with Gasteiger partial charge in [0.2, 0.25) is 0 Å². The van der Waals surface area contributed by atoms with Crippen molar-refractivity contribution >= 4 is 5.91 Å². The molecule has 0 N–H and O–H groups in total. The summed E-state index contributed by atoms with van der Waals surface area (Å²) in [5, 5.41) is 0. The van der Waals surface area contributed by atoms with E-state index in [0.29, 0.717) is 11.6 Å². The zero-order valence-electron chi connectivity index (χ0n) is 12.2. The van der Waals surface area contributed by atoms with E-state index in [2.05, 4.69) is 23.0 Å². The molecule has 1 aromatic heterocycles. The normalized spacial score (nSPS) is 24.1. The van der Waals surface area contributed by atoms with Crippen LogP contribution in [0.2, 0.25) is 0 Å². The van der Waals surface area contributed by atoms with Gasteiger partial charge in [0.1, 0.15) is 5.69 Å². The highest BCUT2D eigenvalue weighted by molar-refractivity contribution is 5.92. The van der Waals surface area contributed by atoms with Crippen LogP contribution in [0.4, 0.5) is 0 Å². The van der Waals surface area contributed by atoms with Crippen LogP contribution in [0.5, 0.6) is 0 Å². The van der Waals surface area contributed by atoms with Gasteiger partial charge in [0.25, 0.3) is 5.91 Å². The number of aromatic nitrogens is 1. The van der Waals surface area contributed by atoms with Crippen molar-refractivity contribution in [1.29, 1.82) is 0 Å². The van der Waals surface area contributed by atoms with Crippen LogP contribution in [0.15, 0.2) is 18.3 Å². The lowest BCUT2D eigenvalue weighted by Gasteiger charge is -2.30. The molecule has 0 saturated carbocycles. The molecule has 2 aliphatic heterocycles. The smallest absolute Gasteiger partial charge is 0.272 e. The first-order chi connectivity index (χ1) is 9.74. The average molecular weight is 273 g/mol. The summed E-state index contributed by atoms with van der Waals surface area (Å²) >= 11 is 0. The van der Waals surface area contributed by atoms with Gasteiger partial charge in [-0.3, -0.25) is 9.78 Å². The fraction of sp³-hybridized carbons (Fsp3) is 0.625. The number of amides is 1. The Bertz CT molecular complexity index is 482. The van der Waals surface area contributed by atoms with Crippen molar-refractivity contribution in [3.8, 4) is 0 Å². The summed E-state index contributed by atoms with van der Waals surface area (Å²) in [6.45, 7) is 4.04. The van der Waals surface area contributed by atoms with Crippen LogP contribution in [0.1, 0.15) is 47.7 Å². The molecule has 0 bridgehead atoms. The van der Waals surface area contributed by atoms with Crippen molar-refractivity contribution in [2.24, 2.45) is 0 Å². The van der Waals surface area contributed by atoms with Gasteiger partial charge >= 0.3 is 0 Å². The number of likely N-dealkylation sites (N-methyl/N-ethyl adjacent to an activating group) is 1. The lowest BCUT2D eigenvalue weighted by atomic mass is 9.91. The Balaban J connectivity index is 1.76. The van der Waals surface area contributed by atoms with E-state index in [4.69, 9.17) is 0 Å². The van der Waals surface area contributed by atoms with E-state index in [-0.39, 0.29) is 5.91 Å². The Kier molecular flexibility index (Phi) is 4.01. The van der Waals surface area contributed by atoms with Gasteiger partial charge in [-0.1, -0.05) is 0 Å². The molecule has 4 nitrogen and oxygen atoms in total. The maximum atomic E-state index is 12.4. The van der Waals surface area contributed by atoms with Crippen molar-refractivity contribution in [3.63, 3.8) is 0 Å². The number of rotatable bonds is 2. The molecule has 2 saturated heterocycles. The number of hydrogen-bond acceptors (Lipinski definition) is 3. The number of likely N-dealkylation sites (tertiary alicyclic amines) is 2. The number of carbonyl (C=O) groups is 1. The molecule has 0 unspecified atom stereocenters. The third kappa shape index (κ3) is 2.85. The molecule has 1 aromatic rings. The summed E-state index contributed by atoms with van der Waals surface area (Å²) in [5.41, 5.74) is 1.90. The van der Waals surface area contributed by atoms with Crippen molar-refractivity contribution in [1.82, 2.24) is 14.8 Å². The van der Waals surface area contributed by atoms with E-state index in [0.717, 1.165) is 32.5 Å². The molecular weight excluding hydrogens is 250 g/mol. The Morgan fingerprint density at radius 3 is 2.80 bits per heavy atom. The lowest BCUT2D eigenvalue weighted by Crippen LogP contribution is -2.31. The first kappa shape index (κ1) is 13.6. The first-order valence-corrected chi connectivity index (χ1v) is 7.68. The minimum atomic E-state index is 0.105. The van der Waals surface area contributed by atoms with E-state index < -0.39 is 0 Å². The monoisotopic (exact) mass is 273 g/mol. The van der Waals surface area contributed by atoms with Crippen molar-refractivity contribution in [2.75, 3.05) is 33.2 Å². The standard InChI is InChI=1S/C16H23N3O/c1-18-8-4-5-14(12-18)13-6-7-17-15(11-13)16(20)19-9-2-3-10-19/h6-7,11,14H,2-5,8-10,12H2,1H3/t14-/m1/s1. The predicted octanol–water partition coefficient (Wildman–Crippen LogP) is 2.13. The fourth-order valence-corrected chi connectivity index (χ4v) is 3.34. The maximum absolute atomic E-state index is 12.4. The van der Waals surface area contributed by atoms with Gasteiger partial charge in [0.15, 0.2) is 0 Å². The summed E-state index contributed by atoms with van der Waals surface area (Å²) < 4.78 is 0. The Morgan fingerprint density at radius 2 is 2.05 bits per heavy atom. The Hall–Kier alpha value is -1.42. The van der Waals surface area contributed by atoms with Crippen molar-refractivity contribution < 1.29 is 4.79 Å². The van der Waals surface area contributed by atoms with Crippen LogP contribution in [-0.4, -0.2) is 53.9 Å². The summed E-state index contributed by atoms with van der Waals surface area (Å²) in [5.74, 6) is 0.649.